The molecular weight excluding hydrogens is 709 g/mol. The predicted molar refractivity (Wildman–Crippen MR) is 220 cm³/mol. The number of fused-ring (bicyclic) bond motifs is 1. The van der Waals surface area contributed by atoms with Crippen LogP contribution in [0, 0.1) is 11.3 Å². The summed E-state index contributed by atoms with van der Waals surface area (Å²) < 4.78 is 13.4. The highest BCUT2D eigenvalue weighted by Crippen LogP contribution is 2.42. The van der Waals surface area contributed by atoms with Crippen molar-refractivity contribution in [1.82, 2.24) is 30.2 Å². The van der Waals surface area contributed by atoms with E-state index in [-0.39, 0.29) is 42.6 Å². The fourth-order valence-corrected chi connectivity index (χ4v) is 8.11. The third kappa shape index (κ3) is 9.59. The van der Waals surface area contributed by atoms with Crippen LogP contribution in [-0.4, -0.2) is 95.8 Å². The van der Waals surface area contributed by atoms with E-state index < -0.39 is 17.5 Å². The van der Waals surface area contributed by atoms with Gasteiger partial charge in [-0.2, -0.15) is 0 Å². The molecule has 1 aliphatic rings. The van der Waals surface area contributed by atoms with E-state index in [0.29, 0.717) is 32.5 Å². The molecule has 0 saturated carbocycles. The van der Waals surface area contributed by atoms with Crippen LogP contribution in [0.5, 0.6) is 5.75 Å². The molecule has 1 saturated heterocycles. The van der Waals surface area contributed by atoms with Crippen LogP contribution >= 0.6 is 0 Å². The molecule has 1 fully saturated rings. The number of benzene rings is 2. The molecule has 3 heterocycles. The van der Waals surface area contributed by atoms with Gasteiger partial charge >= 0.3 is 0 Å². The highest BCUT2D eigenvalue weighted by atomic mass is 16.5. The molecule has 0 aliphatic carbocycles. The number of aromatic nitrogens is 2. The van der Waals surface area contributed by atoms with Crippen molar-refractivity contribution in [3.8, 4) is 28.1 Å². The quantitative estimate of drug-likeness (QED) is 0.106. The number of methoxy groups -OCH3 is 1. The fraction of sp³-hybridized carbons (Fsp3) is 0.500. The van der Waals surface area contributed by atoms with Gasteiger partial charge in [0.25, 0.3) is 12.4 Å². The summed E-state index contributed by atoms with van der Waals surface area (Å²) >= 11 is 0. The maximum atomic E-state index is 14.0. The Balaban J connectivity index is 1.62. The van der Waals surface area contributed by atoms with Crippen LogP contribution in [0.15, 0.2) is 54.7 Å². The van der Waals surface area contributed by atoms with E-state index in [1.807, 2.05) is 51.9 Å². The third-order valence-corrected chi connectivity index (χ3v) is 10.7. The molecule has 2 amide bonds. The number of nitrogens with zero attached hydrogens (tertiary/aromatic N) is 4. The van der Waals surface area contributed by atoms with Gasteiger partial charge in [0.2, 0.25) is 5.91 Å². The number of likely N-dealkylation sites (N-methyl/N-ethyl adjacent to an activating group) is 1. The first kappa shape index (κ1) is 42.4. The van der Waals surface area contributed by atoms with Gasteiger partial charge in [0.1, 0.15) is 11.8 Å². The van der Waals surface area contributed by atoms with Crippen LogP contribution in [-0.2, 0) is 43.2 Å². The van der Waals surface area contributed by atoms with E-state index in [1.165, 1.54) is 0 Å². The molecule has 12 nitrogen and oxygen atoms in total. The summed E-state index contributed by atoms with van der Waals surface area (Å²) in [6, 6.07) is 14.4. The minimum absolute atomic E-state index is 0.0281. The molecule has 0 radical (unpaired) electrons. The summed E-state index contributed by atoms with van der Waals surface area (Å²) in [5.41, 5.74) is 10.1. The second kappa shape index (κ2) is 18.4. The van der Waals surface area contributed by atoms with Gasteiger partial charge in [-0.3, -0.25) is 29.3 Å². The van der Waals surface area contributed by atoms with E-state index in [4.69, 9.17) is 14.5 Å². The molecule has 0 spiro atoms. The SMILES string of the molecule is CCn1c(-c2cccnc2C(C)OC)c(CC(C)(C)COC=O)c2cc(-c3cc(O)cc(CC(NC(=O)C(C(C)C)N(C)C)C(=O)N4CCCCN4)c3)ccc21. The molecule has 12 heteroatoms. The van der Waals surface area contributed by atoms with E-state index >= 15 is 0 Å². The summed E-state index contributed by atoms with van der Waals surface area (Å²) in [5, 5.41) is 16.9. The van der Waals surface area contributed by atoms with Crippen molar-refractivity contribution >= 4 is 29.2 Å². The number of phenolic OH excluding ortho intramolecular Hbond substituents is 1. The monoisotopic (exact) mass is 768 g/mol. The van der Waals surface area contributed by atoms with Crippen molar-refractivity contribution in [3.05, 3.63) is 71.5 Å². The number of phenols is 1. The summed E-state index contributed by atoms with van der Waals surface area (Å²) in [4.78, 5) is 45.6. The van der Waals surface area contributed by atoms with Crippen LogP contribution in [0.25, 0.3) is 33.3 Å². The maximum absolute atomic E-state index is 14.0. The number of hydrogen-bond donors (Lipinski definition) is 3. The zero-order valence-corrected chi connectivity index (χ0v) is 34.5. The highest BCUT2D eigenvalue weighted by molar-refractivity contribution is 5.95. The van der Waals surface area contributed by atoms with Crippen LogP contribution in [0.1, 0.15) is 77.3 Å². The van der Waals surface area contributed by atoms with Gasteiger partial charge in [-0.1, -0.05) is 39.8 Å². The van der Waals surface area contributed by atoms with E-state index in [1.54, 1.807) is 30.4 Å². The lowest BCUT2D eigenvalue weighted by molar-refractivity contribution is -0.141. The predicted octanol–water partition coefficient (Wildman–Crippen LogP) is 6.29. The normalized spacial score (nSPS) is 15.2. The van der Waals surface area contributed by atoms with Gasteiger partial charge in [0.05, 0.1) is 30.1 Å². The van der Waals surface area contributed by atoms with Gasteiger partial charge in [-0.25, -0.2) is 5.43 Å². The summed E-state index contributed by atoms with van der Waals surface area (Å²) in [6.45, 7) is 14.9. The van der Waals surface area contributed by atoms with Crippen LogP contribution in [0.2, 0.25) is 0 Å². The number of aromatic hydroxyl groups is 1. The number of pyridine rings is 1. The van der Waals surface area contributed by atoms with Crippen molar-refractivity contribution in [1.29, 1.82) is 0 Å². The number of aryl methyl sites for hydroxylation is 1. The first-order chi connectivity index (χ1) is 26.7. The largest absolute Gasteiger partial charge is 0.508 e. The summed E-state index contributed by atoms with van der Waals surface area (Å²) in [5.74, 6) is -0.330. The van der Waals surface area contributed by atoms with Crippen molar-refractivity contribution in [2.45, 2.75) is 92.0 Å². The number of hydrazine groups is 1. The Morgan fingerprint density at radius 2 is 1.86 bits per heavy atom. The first-order valence-corrected chi connectivity index (χ1v) is 19.7. The molecule has 4 aromatic rings. The lowest BCUT2D eigenvalue weighted by Gasteiger charge is -2.33. The van der Waals surface area contributed by atoms with Crippen LogP contribution in [0.3, 0.4) is 0 Å². The number of carbonyl (C=O) groups is 3. The van der Waals surface area contributed by atoms with E-state index in [0.717, 1.165) is 62.9 Å². The minimum atomic E-state index is -0.849. The van der Waals surface area contributed by atoms with Gasteiger partial charge in [0, 0.05) is 61.2 Å². The minimum Gasteiger partial charge on any atom is -0.508 e. The number of nitrogens with one attached hydrogen (secondary N) is 2. The van der Waals surface area contributed by atoms with Crippen molar-refractivity contribution in [2.75, 3.05) is 40.9 Å². The number of carbonyl (C=O) groups excluding carboxylic acids is 3. The van der Waals surface area contributed by atoms with Crippen molar-refractivity contribution in [3.63, 3.8) is 0 Å². The Morgan fingerprint density at radius 3 is 2.50 bits per heavy atom. The Bertz CT molecular complexity index is 1990. The standard InChI is InChI=1S/C44H60N6O6/c1-10-49-38-16-15-31(24-35(38)36(25-44(5,6)26-56-27-51)41(49)34-14-13-17-45-39(34)29(4)55-9)32-20-30(21-33(52)23-32)22-37(43(54)50-19-12-11-18-46-50)47-42(53)40(28(2)3)48(7)8/h13-17,20-21,23-24,27-29,37,40,46,52H,10-12,18-19,22,25-26H2,1-9H3,(H,47,53). The van der Waals surface area contributed by atoms with E-state index in [2.05, 4.69) is 60.3 Å². The molecule has 1 aliphatic heterocycles. The molecule has 302 valence electrons. The van der Waals surface area contributed by atoms with Gasteiger partial charge in [-0.15, -0.1) is 0 Å². The molecule has 0 bridgehead atoms. The second-order valence-corrected chi connectivity index (χ2v) is 16.3. The smallest absolute Gasteiger partial charge is 0.293 e. The number of rotatable bonds is 17. The van der Waals surface area contributed by atoms with Crippen molar-refractivity contribution in [2.24, 2.45) is 11.3 Å². The highest BCUT2D eigenvalue weighted by Gasteiger charge is 2.33. The Kier molecular flexibility index (Phi) is 14.0. The fourth-order valence-electron chi connectivity index (χ4n) is 8.11. The first-order valence-electron chi connectivity index (χ1n) is 19.7. The van der Waals surface area contributed by atoms with Crippen LogP contribution < -0.4 is 10.7 Å². The summed E-state index contributed by atoms with van der Waals surface area (Å²) in [6.07, 6.45) is 4.18. The lowest BCUT2D eigenvalue weighted by Crippen LogP contribution is -2.58. The second-order valence-electron chi connectivity index (χ2n) is 16.3. The number of hydrogen-bond acceptors (Lipinski definition) is 9. The Hall–Kier alpha value is -4.78. The molecule has 2 aromatic heterocycles. The van der Waals surface area contributed by atoms with Gasteiger partial charge < -0.3 is 24.5 Å². The van der Waals surface area contributed by atoms with Gasteiger partial charge in [-0.05, 0) is 112 Å². The molecule has 3 unspecified atom stereocenters. The molecule has 2 aromatic carbocycles. The zero-order valence-electron chi connectivity index (χ0n) is 34.5. The Labute approximate surface area is 331 Å². The molecule has 3 atom stereocenters. The van der Waals surface area contributed by atoms with E-state index in [9.17, 15) is 19.5 Å². The average molecular weight is 769 g/mol. The molecule has 5 rings (SSSR count). The third-order valence-electron chi connectivity index (χ3n) is 10.7. The molecule has 56 heavy (non-hydrogen) atoms. The number of ether oxygens (including phenoxy) is 2. The average Bonchev–Trinajstić information content (AvgIpc) is 3.47. The van der Waals surface area contributed by atoms with Gasteiger partial charge in [0.15, 0.2) is 0 Å². The molecular formula is C44H60N6O6. The molecule has 3 N–H and O–H groups in total. The van der Waals surface area contributed by atoms with Crippen LogP contribution in [0.4, 0.5) is 0 Å². The Morgan fingerprint density at radius 1 is 1.09 bits per heavy atom. The number of amides is 2. The summed E-state index contributed by atoms with van der Waals surface area (Å²) in [7, 11) is 5.41. The maximum Gasteiger partial charge on any atom is 0.293 e. The lowest BCUT2D eigenvalue weighted by atomic mass is 9.84. The van der Waals surface area contributed by atoms with Crippen molar-refractivity contribution < 1.29 is 29.0 Å². The topological polar surface area (TPSA) is 138 Å². The zero-order chi connectivity index (χ0) is 40.7.